The van der Waals surface area contributed by atoms with Crippen molar-refractivity contribution in [2.45, 2.75) is 26.4 Å². The molecule has 0 saturated heterocycles. The van der Waals surface area contributed by atoms with Crippen LogP contribution in [0.3, 0.4) is 0 Å². The second-order valence-electron chi connectivity index (χ2n) is 4.58. The van der Waals surface area contributed by atoms with Gasteiger partial charge in [0.25, 0.3) is 0 Å². The first-order valence-electron chi connectivity index (χ1n) is 6.13. The van der Waals surface area contributed by atoms with Crippen molar-refractivity contribution in [2.24, 2.45) is 5.92 Å². The van der Waals surface area contributed by atoms with Crippen molar-refractivity contribution in [2.75, 3.05) is 14.2 Å². The molecule has 4 nitrogen and oxygen atoms in total. The van der Waals surface area contributed by atoms with Crippen LogP contribution in [0.25, 0.3) is 0 Å². The van der Waals surface area contributed by atoms with Crippen LogP contribution < -0.4 is 10.1 Å². The lowest BCUT2D eigenvalue weighted by Gasteiger charge is -2.20. The van der Waals surface area contributed by atoms with Crippen molar-refractivity contribution in [1.82, 2.24) is 5.32 Å². The molecule has 5 heteroatoms. The molecule has 0 amide bonds. The monoisotopic (exact) mass is 329 g/mol. The molecule has 1 rings (SSSR count). The van der Waals surface area contributed by atoms with Gasteiger partial charge in [0.2, 0.25) is 0 Å². The molecule has 106 valence electrons. The van der Waals surface area contributed by atoms with Gasteiger partial charge in [-0.15, -0.1) is 0 Å². The number of nitrogens with one attached hydrogen (secondary N) is 1. The summed E-state index contributed by atoms with van der Waals surface area (Å²) < 4.78 is 11.1. The highest BCUT2D eigenvalue weighted by atomic mass is 79.9. The van der Waals surface area contributed by atoms with E-state index in [0.29, 0.717) is 6.54 Å². The van der Waals surface area contributed by atoms with E-state index >= 15 is 0 Å². The quantitative estimate of drug-likeness (QED) is 0.815. The number of benzene rings is 1. The van der Waals surface area contributed by atoms with E-state index in [0.717, 1.165) is 15.8 Å². The van der Waals surface area contributed by atoms with Gasteiger partial charge < -0.3 is 9.47 Å². The molecule has 1 aromatic rings. The molecule has 0 heterocycles. The molecule has 1 unspecified atom stereocenters. The minimum absolute atomic E-state index is 0.158. The molecule has 0 radical (unpaired) electrons. The highest BCUT2D eigenvalue weighted by Gasteiger charge is 2.22. The summed E-state index contributed by atoms with van der Waals surface area (Å²) in [4.78, 5) is 11.7. The molecule has 0 saturated carbocycles. The van der Waals surface area contributed by atoms with Crippen molar-refractivity contribution in [3.63, 3.8) is 0 Å². The Labute approximate surface area is 122 Å². The molecule has 0 spiro atoms. The Balaban J connectivity index is 2.79. The van der Waals surface area contributed by atoms with Crippen LogP contribution in [0.5, 0.6) is 5.75 Å². The largest absolute Gasteiger partial charge is 0.496 e. The molecule has 1 N–H and O–H groups in total. The number of ether oxygens (including phenoxy) is 2. The van der Waals surface area contributed by atoms with E-state index in [1.165, 1.54) is 7.11 Å². The van der Waals surface area contributed by atoms with Crippen LogP contribution in [0.15, 0.2) is 22.7 Å². The first kappa shape index (κ1) is 16.0. The zero-order valence-corrected chi connectivity index (χ0v) is 13.3. The van der Waals surface area contributed by atoms with Crippen molar-refractivity contribution < 1.29 is 14.3 Å². The Morgan fingerprint density at radius 2 is 2.05 bits per heavy atom. The van der Waals surface area contributed by atoms with E-state index in [4.69, 9.17) is 9.47 Å². The molecule has 0 aliphatic rings. The maximum atomic E-state index is 11.7. The first-order valence-corrected chi connectivity index (χ1v) is 6.92. The molecule has 0 aromatic heterocycles. The van der Waals surface area contributed by atoms with Crippen molar-refractivity contribution in [3.05, 3.63) is 28.2 Å². The van der Waals surface area contributed by atoms with Gasteiger partial charge >= 0.3 is 5.97 Å². The molecule has 0 aliphatic carbocycles. The van der Waals surface area contributed by atoms with Gasteiger partial charge in [-0.05, 0) is 24.1 Å². The summed E-state index contributed by atoms with van der Waals surface area (Å²) >= 11 is 3.43. The van der Waals surface area contributed by atoms with Gasteiger partial charge in [0.15, 0.2) is 0 Å². The lowest BCUT2D eigenvalue weighted by molar-refractivity contribution is -0.144. The van der Waals surface area contributed by atoms with Gasteiger partial charge in [-0.25, -0.2) is 0 Å². The van der Waals surface area contributed by atoms with E-state index in [9.17, 15) is 4.79 Å². The minimum atomic E-state index is -0.325. The van der Waals surface area contributed by atoms with Gasteiger partial charge in [-0.1, -0.05) is 29.8 Å². The van der Waals surface area contributed by atoms with Gasteiger partial charge in [0, 0.05) is 16.6 Å². The maximum absolute atomic E-state index is 11.7. The van der Waals surface area contributed by atoms with Crippen LogP contribution in [0, 0.1) is 5.92 Å². The van der Waals surface area contributed by atoms with E-state index < -0.39 is 0 Å². The number of rotatable bonds is 6. The summed E-state index contributed by atoms with van der Waals surface area (Å²) in [6.45, 7) is 4.50. The normalized spacial score (nSPS) is 12.3. The average Bonchev–Trinajstić information content (AvgIpc) is 2.38. The second kappa shape index (κ2) is 7.50. The fourth-order valence-electron chi connectivity index (χ4n) is 1.82. The predicted octanol–water partition coefficient (Wildman–Crippen LogP) is 2.74. The SMILES string of the molecule is COC(=O)C(NCc1cc(Br)ccc1OC)C(C)C. The van der Waals surface area contributed by atoms with Gasteiger partial charge in [-0.3, -0.25) is 10.1 Å². The van der Waals surface area contributed by atoms with Crippen LogP contribution in [0.1, 0.15) is 19.4 Å². The number of carbonyl (C=O) groups excluding carboxylic acids is 1. The Morgan fingerprint density at radius 3 is 2.58 bits per heavy atom. The molecule has 19 heavy (non-hydrogen) atoms. The van der Waals surface area contributed by atoms with Crippen molar-refractivity contribution in [1.29, 1.82) is 0 Å². The molecular formula is C14H20BrNO3. The Bertz CT molecular complexity index is 435. The summed E-state index contributed by atoms with van der Waals surface area (Å²) in [5.41, 5.74) is 0.992. The number of hydrogen-bond donors (Lipinski definition) is 1. The maximum Gasteiger partial charge on any atom is 0.323 e. The minimum Gasteiger partial charge on any atom is -0.496 e. The lowest BCUT2D eigenvalue weighted by atomic mass is 10.0. The third-order valence-electron chi connectivity index (χ3n) is 2.88. The number of esters is 1. The van der Waals surface area contributed by atoms with Crippen LogP contribution in [-0.2, 0) is 16.1 Å². The van der Waals surface area contributed by atoms with E-state index in [2.05, 4.69) is 21.2 Å². The van der Waals surface area contributed by atoms with E-state index in [-0.39, 0.29) is 17.9 Å². The Hall–Kier alpha value is -1.07. The number of methoxy groups -OCH3 is 2. The van der Waals surface area contributed by atoms with E-state index in [1.807, 2.05) is 32.0 Å². The van der Waals surface area contributed by atoms with Gasteiger partial charge in [0.1, 0.15) is 11.8 Å². The molecular weight excluding hydrogens is 310 g/mol. The van der Waals surface area contributed by atoms with E-state index in [1.54, 1.807) is 7.11 Å². The standard InChI is InChI=1S/C14H20BrNO3/c1-9(2)13(14(17)19-4)16-8-10-7-11(15)5-6-12(10)18-3/h5-7,9,13,16H,8H2,1-4H3. The predicted molar refractivity (Wildman–Crippen MR) is 78.2 cm³/mol. The van der Waals surface area contributed by atoms with Crippen LogP contribution in [0.4, 0.5) is 0 Å². The average molecular weight is 330 g/mol. The third kappa shape index (κ3) is 4.51. The number of halogens is 1. The highest BCUT2D eigenvalue weighted by molar-refractivity contribution is 9.10. The van der Waals surface area contributed by atoms with Gasteiger partial charge in [0.05, 0.1) is 14.2 Å². The molecule has 1 aromatic carbocycles. The molecule has 0 aliphatic heterocycles. The fraction of sp³-hybridized carbons (Fsp3) is 0.500. The summed E-state index contributed by atoms with van der Waals surface area (Å²) in [5.74, 6) is 0.706. The van der Waals surface area contributed by atoms with Crippen LogP contribution in [-0.4, -0.2) is 26.2 Å². The summed E-state index contributed by atoms with van der Waals surface area (Å²) in [6, 6.07) is 5.46. The third-order valence-corrected chi connectivity index (χ3v) is 3.37. The first-order chi connectivity index (χ1) is 8.99. The number of hydrogen-bond acceptors (Lipinski definition) is 4. The van der Waals surface area contributed by atoms with Crippen LogP contribution in [0.2, 0.25) is 0 Å². The summed E-state index contributed by atoms with van der Waals surface area (Å²) in [7, 11) is 3.03. The summed E-state index contributed by atoms with van der Waals surface area (Å²) in [6.07, 6.45) is 0. The van der Waals surface area contributed by atoms with Crippen molar-refractivity contribution in [3.8, 4) is 5.75 Å². The smallest absolute Gasteiger partial charge is 0.323 e. The fourth-order valence-corrected chi connectivity index (χ4v) is 2.23. The molecule has 0 bridgehead atoms. The second-order valence-corrected chi connectivity index (χ2v) is 5.50. The Kier molecular flexibility index (Phi) is 6.31. The van der Waals surface area contributed by atoms with Gasteiger partial charge in [-0.2, -0.15) is 0 Å². The topological polar surface area (TPSA) is 47.6 Å². The molecule has 0 fully saturated rings. The van der Waals surface area contributed by atoms with Crippen LogP contribution >= 0.6 is 15.9 Å². The zero-order chi connectivity index (χ0) is 14.4. The lowest BCUT2D eigenvalue weighted by Crippen LogP contribution is -2.41. The Morgan fingerprint density at radius 1 is 1.37 bits per heavy atom. The highest BCUT2D eigenvalue weighted by Crippen LogP contribution is 2.23. The number of carbonyl (C=O) groups is 1. The summed E-state index contributed by atoms with van der Waals surface area (Å²) in [5, 5.41) is 3.21. The molecule has 1 atom stereocenters. The van der Waals surface area contributed by atoms with Crippen molar-refractivity contribution >= 4 is 21.9 Å². The zero-order valence-electron chi connectivity index (χ0n) is 11.7.